The van der Waals surface area contributed by atoms with Crippen molar-refractivity contribution in [3.05, 3.63) is 105 Å². The van der Waals surface area contributed by atoms with E-state index in [2.05, 4.69) is 47.1 Å². The summed E-state index contributed by atoms with van der Waals surface area (Å²) in [6.45, 7) is 6.37. The number of benzene rings is 3. The maximum absolute atomic E-state index is 10.7. The summed E-state index contributed by atoms with van der Waals surface area (Å²) in [7, 11) is 0. The molecule has 0 aliphatic carbocycles. The molecular formula is C29H34N4O4. The Morgan fingerprint density at radius 2 is 1.03 bits per heavy atom. The third-order valence-corrected chi connectivity index (χ3v) is 7.40. The third-order valence-electron chi connectivity index (χ3n) is 7.40. The summed E-state index contributed by atoms with van der Waals surface area (Å²) in [5, 5.41) is 21.2. The fourth-order valence-corrected chi connectivity index (χ4v) is 5.03. The molecule has 5 rings (SSSR count). The molecule has 0 amide bonds. The van der Waals surface area contributed by atoms with Gasteiger partial charge in [-0.05, 0) is 67.3 Å². The van der Waals surface area contributed by atoms with E-state index in [4.69, 9.17) is 0 Å². The molecule has 2 fully saturated rings. The van der Waals surface area contributed by atoms with Gasteiger partial charge in [0, 0.05) is 61.8 Å². The molecule has 37 heavy (non-hydrogen) atoms. The monoisotopic (exact) mass is 502 g/mol. The van der Waals surface area contributed by atoms with Gasteiger partial charge in [0.2, 0.25) is 0 Å². The summed E-state index contributed by atoms with van der Waals surface area (Å²) in [5.74, 6) is 1.43. The standard InChI is InChI=1S/C17H18N2O2.C12H16N2O2/c20-19(21)17-8-6-16(7-9-17)18-12-10-15(11-13-18)14-4-2-1-3-5-14;1-10-6-8-13(9-7-10)11-2-4-12(5-3-11)14(15)16/h1-9,15H,10-13H2;2-5,10H,6-9H2,1H3. The number of nitro benzene ring substituents is 2. The van der Waals surface area contributed by atoms with E-state index in [0.29, 0.717) is 5.92 Å². The van der Waals surface area contributed by atoms with Crippen molar-refractivity contribution in [2.24, 2.45) is 5.92 Å². The number of nitro groups is 2. The van der Waals surface area contributed by atoms with Crippen LogP contribution in [0.3, 0.4) is 0 Å². The molecule has 3 aromatic carbocycles. The average Bonchev–Trinajstić information content (AvgIpc) is 2.94. The highest BCUT2D eigenvalue weighted by atomic mass is 16.6. The zero-order valence-corrected chi connectivity index (χ0v) is 21.2. The first kappa shape index (κ1) is 26.1. The number of hydrogen-bond donors (Lipinski definition) is 0. The van der Waals surface area contributed by atoms with Crippen molar-refractivity contribution in [1.29, 1.82) is 0 Å². The van der Waals surface area contributed by atoms with E-state index in [-0.39, 0.29) is 21.2 Å². The minimum atomic E-state index is -0.359. The van der Waals surface area contributed by atoms with Gasteiger partial charge in [-0.25, -0.2) is 0 Å². The molecule has 0 radical (unpaired) electrons. The SMILES string of the molecule is CC1CCN(c2ccc([N+](=O)[O-])cc2)CC1.O=[N+]([O-])c1ccc(N2CCC(c3ccccc3)CC2)cc1. The van der Waals surface area contributed by atoms with Crippen LogP contribution in [0.2, 0.25) is 0 Å². The molecule has 2 aliphatic rings. The second kappa shape index (κ2) is 12.3. The van der Waals surface area contributed by atoms with Crippen molar-refractivity contribution in [2.45, 2.75) is 38.5 Å². The minimum absolute atomic E-state index is 0.151. The van der Waals surface area contributed by atoms with Crippen LogP contribution in [0.1, 0.15) is 44.1 Å². The van der Waals surface area contributed by atoms with Gasteiger partial charge in [-0.15, -0.1) is 0 Å². The van der Waals surface area contributed by atoms with Crippen LogP contribution in [0, 0.1) is 26.1 Å². The van der Waals surface area contributed by atoms with Crippen LogP contribution in [0.25, 0.3) is 0 Å². The van der Waals surface area contributed by atoms with Gasteiger partial charge in [-0.2, -0.15) is 0 Å². The summed E-state index contributed by atoms with van der Waals surface area (Å²) in [6, 6.07) is 24.3. The normalized spacial score (nSPS) is 16.6. The zero-order valence-electron chi connectivity index (χ0n) is 21.2. The van der Waals surface area contributed by atoms with Gasteiger partial charge in [0.1, 0.15) is 0 Å². The van der Waals surface area contributed by atoms with Crippen molar-refractivity contribution in [3.63, 3.8) is 0 Å². The molecule has 0 atom stereocenters. The molecule has 0 spiro atoms. The number of rotatable bonds is 5. The number of nitrogens with zero attached hydrogens (tertiary/aromatic N) is 4. The molecule has 3 aromatic rings. The number of piperidine rings is 2. The van der Waals surface area contributed by atoms with E-state index in [1.54, 1.807) is 24.3 Å². The molecule has 2 saturated heterocycles. The average molecular weight is 503 g/mol. The molecule has 0 bridgehead atoms. The summed E-state index contributed by atoms with van der Waals surface area (Å²) in [5.41, 5.74) is 3.90. The fourth-order valence-electron chi connectivity index (χ4n) is 5.03. The Labute approximate surface area is 217 Å². The molecule has 0 unspecified atom stereocenters. The Hall–Kier alpha value is -3.94. The first-order chi connectivity index (χ1) is 17.9. The first-order valence-corrected chi connectivity index (χ1v) is 12.9. The van der Waals surface area contributed by atoms with Gasteiger partial charge in [0.15, 0.2) is 0 Å². The van der Waals surface area contributed by atoms with Gasteiger partial charge in [0.05, 0.1) is 9.85 Å². The lowest BCUT2D eigenvalue weighted by Crippen LogP contribution is -2.32. The molecule has 8 heteroatoms. The predicted molar refractivity (Wildman–Crippen MR) is 147 cm³/mol. The molecular weight excluding hydrogens is 468 g/mol. The van der Waals surface area contributed by atoms with Crippen LogP contribution in [0.4, 0.5) is 22.7 Å². The minimum Gasteiger partial charge on any atom is -0.372 e. The maximum atomic E-state index is 10.7. The smallest absolute Gasteiger partial charge is 0.269 e. The molecule has 2 heterocycles. The van der Waals surface area contributed by atoms with Crippen molar-refractivity contribution in [3.8, 4) is 0 Å². The highest BCUT2D eigenvalue weighted by molar-refractivity contribution is 5.52. The first-order valence-electron chi connectivity index (χ1n) is 12.9. The lowest BCUT2D eigenvalue weighted by Gasteiger charge is -2.33. The van der Waals surface area contributed by atoms with Crippen LogP contribution in [-0.4, -0.2) is 36.0 Å². The second-order valence-electron chi connectivity index (χ2n) is 9.89. The van der Waals surface area contributed by atoms with E-state index in [9.17, 15) is 20.2 Å². The van der Waals surface area contributed by atoms with Crippen molar-refractivity contribution >= 4 is 22.7 Å². The third kappa shape index (κ3) is 7.06. The van der Waals surface area contributed by atoms with E-state index < -0.39 is 0 Å². The second-order valence-corrected chi connectivity index (χ2v) is 9.89. The van der Waals surface area contributed by atoms with Crippen molar-refractivity contribution in [2.75, 3.05) is 36.0 Å². The molecule has 8 nitrogen and oxygen atoms in total. The molecule has 2 aliphatic heterocycles. The Morgan fingerprint density at radius 3 is 1.43 bits per heavy atom. The van der Waals surface area contributed by atoms with Crippen LogP contribution >= 0.6 is 0 Å². The van der Waals surface area contributed by atoms with Crippen LogP contribution in [0.15, 0.2) is 78.9 Å². The van der Waals surface area contributed by atoms with Crippen LogP contribution < -0.4 is 9.80 Å². The summed E-state index contributed by atoms with van der Waals surface area (Å²) < 4.78 is 0. The summed E-state index contributed by atoms with van der Waals surface area (Å²) >= 11 is 0. The molecule has 0 N–H and O–H groups in total. The van der Waals surface area contributed by atoms with Crippen LogP contribution in [-0.2, 0) is 0 Å². The Kier molecular flexibility index (Phi) is 8.72. The lowest BCUT2D eigenvalue weighted by molar-refractivity contribution is -0.385. The molecule has 0 aromatic heterocycles. The maximum Gasteiger partial charge on any atom is 0.269 e. The zero-order chi connectivity index (χ0) is 26.2. The van der Waals surface area contributed by atoms with Crippen molar-refractivity contribution < 1.29 is 9.85 Å². The van der Waals surface area contributed by atoms with E-state index >= 15 is 0 Å². The lowest BCUT2D eigenvalue weighted by atomic mass is 9.89. The topological polar surface area (TPSA) is 92.8 Å². The van der Waals surface area contributed by atoms with Gasteiger partial charge in [0.25, 0.3) is 11.4 Å². The largest absolute Gasteiger partial charge is 0.372 e. The fraction of sp³-hybridized carbons (Fsp3) is 0.379. The summed E-state index contributed by atoms with van der Waals surface area (Å²) in [4.78, 5) is 25.1. The van der Waals surface area contributed by atoms with Gasteiger partial charge in [-0.1, -0.05) is 37.3 Å². The Bertz CT molecular complexity index is 1150. The van der Waals surface area contributed by atoms with E-state index in [1.807, 2.05) is 24.3 Å². The van der Waals surface area contributed by atoms with Gasteiger partial charge in [-0.3, -0.25) is 20.2 Å². The molecule has 0 saturated carbocycles. The Balaban J connectivity index is 0.000000180. The predicted octanol–water partition coefficient (Wildman–Crippen LogP) is 6.81. The highest BCUT2D eigenvalue weighted by Gasteiger charge is 2.21. The quantitative estimate of drug-likeness (QED) is 0.281. The van der Waals surface area contributed by atoms with Crippen LogP contribution in [0.5, 0.6) is 0 Å². The van der Waals surface area contributed by atoms with E-state index in [0.717, 1.165) is 56.3 Å². The number of anilines is 2. The Morgan fingerprint density at radius 1 is 0.622 bits per heavy atom. The van der Waals surface area contributed by atoms with Gasteiger partial charge >= 0.3 is 0 Å². The van der Waals surface area contributed by atoms with Gasteiger partial charge < -0.3 is 9.80 Å². The number of non-ortho nitro benzene ring substituents is 2. The van der Waals surface area contributed by atoms with E-state index in [1.165, 1.54) is 18.4 Å². The highest BCUT2D eigenvalue weighted by Crippen LogP contribution is 2.31. The van der Waals surface area contributed by atoms with Crippen molar-refractivity contribution in [1.82, 2.24) is 0 Å². The molecule has 194 valence electrons. The number of hydrogen-bond acceptors (Lipinski definition) is 6. The summed E-state index contributed by atoms with van der Waals surface area (Å²) in [6.07, 6.45) is 4.66.